The molecule has 0 amide bonds. The molecule has 1 saturated carbocycles. The Labute approximate surface area is 119 Å². The standard InChI is InChI=1S/C16H20O4/c1-19-15(17)13-8-5-9-14(10-13)16(18)20-11-12-6-3-2-4-7-12/h2-4,6-7,13-14H,5,8-11H2,1H3/t13-,14+/m1/s1. The lowest BCUT2D eigenvalue weighted by molar-refractivity contribution is -0.154. The minimum Gasteiger partial charge on any atom is -0.469 e. The van der Waals surface area contributed by atoms with Gasteiger partial charge in [-0.15, -0.1) is 0 Å². The molecule has 0 aromatic heterocycles. The predicted molar refractivity (Wildman–Crippen MR) is 73.7 cm³/mol. The molecule has 1 aliphatic rings. The average Bonchev–Trinajstić information content (AvgIpc) is 2.53. The van der Waals surface area contributed by atoms with Crippen molar-refractivity contribution in [1.29, 1.82) is 0 Å². The van der Waals surface area contributed by atoms with E-state index in [2.05, 4.69) is 0 Å². The van der Waals surface area contributed by atoms with E-state index in [0.717, 1.165) is 24.8 Å². The average molecular weight is 276 g/mol. The van der Waals surface area contributed by atoms with Crippen LogP contribution in [0.2, 0.25) is 0 Å². The number of esters is 2. The van der Waals surface area contributed by atoms with Crippen molar-refractivity contribution < 1.29 is 19.1 Å². The van der Waals surface area contributed by atoms with Crippen LogP contribution < -0.4 is 0 Å². The third-order valence-electron chi connectivity index (χ3n) is 3.77. The number of ether oxygens (including phenoxy) is 2. The molecule has 1 aromatic carbocycles. The number of hydrogen-bond donors (Lipinski definition) is 0. The van der Waals surface area contributed by atoms with Crippen molar-refractivity contribution in [3.63, 3.8) is 0 Å². The molecule has 20 heavy (non-hydrogen) atoms. The second-order valence-electron chi connectivity index (χ2n) is 5.18. The van der Waals surface area contributed by atoms with E-state index in [1.165, 1.54) is 7.11 Å². The number of benzene rings is 1. The Kier molecular flexibility index (Phi) is 5.16. The fourth-order valence-electron chi connectivity index (χ4n) is 2.63. The summed E-state index contributed by atoms with van der Waals surface area (Å²) in [5, 5.41) is 0. The molecule has 4 heteroatoms. The maximum absolute atomic E-state index is 12.1. The number of methoxy groups -OCH3 is 1. The van der Waals surface area contributed by atoms with Gasteiger partial charge in [-0.25, -0.2) is 0 Å². The largest absolute Gasteiger partial charge is 0.469 e. The number of rotatable bonds is 4. The minimum absolute atomic E-state index is 0.164. The second kappa shape index (κ2) is 7.08. The van der Waals surface area contributed by atoms with Gasteiger partial charge in [0.2, 0.25) is 0 Å². The molecule has 1 aliphatic carbocycles. The van der Waals surface area contributed by atoms with E-state index in [1.54, 1.807) is 0 Å². The lowest BCUT2D eigenvalue weighted by Crippen LogP contribution is -2.29. The molecular formula is C16H20O4. The van der Waals surface area contributed by atoms with Crippen molar-refractivity contribution in [3.8, 4) is 0 Å². The molecule has 1 fully saturated rings. The first kappa shape index (κ1) is 14.6. The minimum atomic E-state index is -0.217. The van der Waals surface area contributed by atoms with Crippen molar-refractivity contribution in [2.75, 3.05) is 7.11 Å². The molecule has 0 spiro atoms. The van der Waals surface area contributed by atoms with E-state index in [-0.39, 0.29) is 23.8 Å². The van der Waals surface area contributed by atoms with E-state index in [9.17, 15) is 9.59 Å². The van der Waals surface area contributed by atoms with Gasteiger partial charge in [0.05, 0.1) is 18.9 Å². The molecule has 1 aromatic rings. The molecule has 0 heterocycles. The summed E-state index contributed by atoms with van der Waals surface area (Å²) in [6.07, 6.45) is 3.00. The molecule has 0 bridgehead atoms. The van der Waals surface area contributed by atoms with Gasteiger partial charge in [0.15, 0.2) is 0 Å². The molecule has 0 aliphatic heterocycles. The van der Waals surface area contributed by atoms with E-state index >= 15 is 0 Å². The second-order valence-corrected chi connectivity index (χ2v) is 5.18. The van der Waals surface area contributed by atoms with Crippen LogP contribution in [0.1, 0.15) is 31.2 Å². The highest BCUT2D eigenvalue weighted by Gasteiger charge is 2.32. The summed E-state index contributed by atoms with van der Waals surface area (Å²) in [4.78, 5) is 23.6. The van der Waals surface area contributed by atoms with Gasteiger partial charge in [-0.1, -0.05) is 36.8 Å². The van der Waals surface area contributed by atoms with Gasteiger partial charge in [-0.05, 0) is 24.8 Å². The molecule has 0 saturated heterocycles. The lowest BCUT2D eigenvalue weighted by atomic mass is 9.81. The number of carbonyl (C=O) groups excluding carboxylic acids is 2. The fraction of sp³-hybridized carbons (Fsp3) is 0.500. The van der Waals surface area contributed by atoms with Gasteiger partial charge in [0, 0.05) is 0 Å². The SMILES string of the molecule is COC(=O)[C@@H]1CCC[C@H](C(=O)OCc2ccccc2)C1. The zero-order valence-corrected chi connectivity index (χ0v) is 11.7. The molecule has 4 nitrogen and oxygen atoms in total. The quantitative estimate of drug-likeness (QED) is 0.793. The highest BCUT2D eigenvalue weighted by molar-refractivity contribution is 5.76. The Hall–Kier alpha value is -1.84. The van der Waals surface area contributed by atoms with Crippen molar-refractivity contribution in [1.82, 2.24) is 0 Å². The maximum atomic E-state index is 12.1. The third-order valence-corrected chi connectivity index (χ3v) is 3.77. The summed E-state index contributed by atoms with van der Waals surface area (Å²) in [5.74, 6) is -0.771. The molecular weight excluding hydrogens is 256 g/mol. The summed E-state index contributed by atoms with van der Waals surface area (Å²) in [7, 11) is 1.39. The van der Waals surface area contributed by atoms with Crippen LogP contribution in [-0.2, 0) is 25.7 Å². The first-order valence-electron chi connectivity index (χ1n) is 6.99. The van der Waals surface area contributed by atoms with Gasteiger partial charge >= 0.3 is 11.9 Å². The van der Waals surface area contributed by atoms with Gasteiger partial charge in [-0.3, -0.25) is 9.59 Å². The van der Waals surface area contributed by atoms with Gasteiger partial charge in [-0.2, -0.15) is 0 Å². The topological polar surface area (TPSA) is 52.6 Å². The first-order valence-corrected chi connectivity index (χ1v) is 6.99. The molecule has 108 valence electrons. The van der Waals surface area contributed by atoms with Crippen LogP contribution in [-0.4, -0.2) is 19.0 Å². The van der Waals surface area contributed by atoms with Crippen molar-refractivity contribution in [2.45, 2.75) is 32.3 Å². The molecule has 0 N–H and O–H groups in total. The highest BCUT2D eigenvalue weighted by atomic mass is 16.5. The van der Waals surface area contributed by atoms with Crippen LogP contribution in [0.4, 0.5) is 0 Å². The van der Waals surface area contributed by atoms with E-state index in [1.807, 2.05) is 30.3 Å². The van der Waals surface area contributed by atoms with Crippen LogP contribution in [0.25, 0.3) is 0 Å². The molecule has 2 rings (SSSR count). The van der Waals surface area contributed by atoms with E-state index in [4.69, 9.17) is 9.47 Å². The Balaban J connectivity index is 1.84. The van der Waals surface area contributed by atoms with Crippen LogP contribution in [0.5, 0.6) is 0 Å². The van der Waals surface area contributed by atoms with Gasteiger partial charge in [0.1, 0.15) is 6.61 Å². The summed E-state index contributed by atoms with van der Waals surface area (Å²) < 4.78 is 10.1. The summed E-state index contributed by atoms with van der Waals surface area (Å²) >= 11 is 0. The Bertz CT molecular complexity index is 455. The highest BCUT2D eigenvalue weighted by Crippen LogP contribution is 2.30. The molecule has 0 unspecified atom stereocenters. The smallest absolute Gasteiger partial charge is 0.309 e. The van der Waals surface area contributed by atoms with Crippen molar-refractivity contribution in [3.05, 3.63) is 35.9 Å². The zero-order chi connectivity index (χ0) is 14.4. The van der Waals surface area contributed by atoms with Crippen LogP contribution in [0.15, 0.2) is 30.3 Å². The number of hydrogen-bond acceptors (Lipinski definition) is 4. The van der Waals surface area contributed by atoms with Crippen LogP contribution in [0, 0.1) is 11.8 Å². The van der Waals surface area contributed by atoms with Gasteiger partial charge < -0.3 is 9.47 Å². The van der Waals surface area contributed by atoms with Gasteiger partial charge in [0.25, 0.3) is 0 Å². The van der Waals surface area contributed by atoms with Crippen LogP contribution in [0.3, 0.4) is 0 Å². The summed E-state index contributed by atoms with van der Waals surface area (Å²) in [5.41, 5.74) is 0.973. The third kappa shape index (κ3) is 3.83. The van der Waals surface area contributed by atoms with E-state index < -0.39 is 0 Å². The van der Waals surface area contributed by atoms with Crippen LogP contribution >= 0.6 is 0 Å². The zero-order valence-electron chi connectivity index (χ0n) is 11.7. The normalized spacial score (nSPS) is 22.1. The molecule has 2 atom stereocenters. The Morgan fingerprint density at radius 2 is 1.75 bits per heavy atom. The van der Waals surface area contributed by atoms with Crippen molar-refractivity contribution in [2.24, 2.45) is 11.8 Å². The Morgan fingerprint density at radius 3 is 2.40 bits per heavy atom. The lowest BCUT2D eigenvalue weighted by Gasteiger charge is -2.25. The van der Waals surface area contributed by atoms with E-state index in [0.29, 0.717) is 13.0 Å². The Morgan fingerprint density at radius 1 is 1.10 bits per heavy atom. The maximum Gasteiger partial charge on any atom is 0.309 e. The number of carbonyl (C=O) groups is 2. The van der Waals surface area contributed by atoms with Crippen molar-refractivity contribution >= 4 is 11.9 Å². The monoisotopic (exact) mass is 276 g/mol. The fourth-order valence-corrected chi connectivity index (χ4v) is 2.63. The first-order chi connectivity index (χ1) is 9.70. The predicted octanol–water partition coefficient (Wildman–Crippen LogP) is 2.71. The summed E-state index contributed by atoms with van der Waals surface area (Å²) in [6, 6.07) is 9.60. The molecule has 0 radical (unpaired) electrons. The summed E-state index contributed by atoms with van der Waals surface area (Å²) in [6.45, 7) is 0.291.